The Kier molecular flexibility index (Phi) is 3.91. The average molecular weight is 254 g/mol. The van der Waals surface area contributed by atoms with E-state index < -0.39 is 0 Å². The second kappa shape index (κ2) is 5.61. The van der Waals surface area contributed by atoms with Crippen LogP contribution in [0.15, 0.2) is 42.5 Å². The topological polar surface area (TPSA) is 40.5 Å². The van der Waals surface area contributed by atoms with E-state index in [1.165, 1.54) is 0 Å². The fraction of sp³-hybridized carbons (Fsp3) is 0.176. The molecule has 98 valence electrons. The van der Waals surface area contributed by atoms with Crippen molar-refractivity contribution in [2.75, 3.05) is 0 Å². The molecule has 0 aliphatic heterocycles. The van der Waals surface area contributed by atoms with Crippen LogP contribution in [0.25, 0.3) is 6.08 Å². The van der Waals surface area contributed by atoms with E-state index in [0.717, 1.165) is 16.7 Å². The Hall–Kier alpha value is -2.22. The van der Waals surface area contributed by atoms with Gasteiger partial charge >= 0.3 is 0 Å². The molecule has 19 heavy (non-hydrogen) atoms. The molecule has 2 aromatic carbocycles. The summed E-state index contributed by atoms with van der Waals surface area (Å²) >= 11 is 0. The maximum Gasteiger partial charge on any atom is 0.121 e. The van der Waals surface area contributed by atoms with Gasteiger partial charge in [0.05, 0.1) is 0 Å². The number of benzene rings is 2. The van der Waals surface area contributed by atoms with Crippen molar-refractivity contribution >= 4 is 6.08 Å². The second-order valence-corrected chi connectivity index (χ2v) is 4.68. The summed E-state index contributed by atoms with van der Waals surface area (Å²) in [5.41, 5.74) is 3.34. The summed E-state index contributed by atoms with van der Waals surface area (Å²) in [6.45, 7) is 3.61. The fourth-order valence-electron chi connectivity index (χ4n) is 2.13. The van der Waals surface area contributed by atoms with Crippen molar-refractivity contribution in [2.24, 2.45) is 0 Å². The van der Waals surface area contributed by atoms with Gasteiger partial charge in [0.15, 0.2) is 0 Å². The first-order valence-corrected chi connectivity index (χ1v) is 6.32. The van der Waals surface area contributed by atoms with Crippen molar-refractivity contribution in [3.05, 3.63) is 64.7 Å². The SMILES string of the molecule is Cc1cc(O)c(C/C=C/c2ccccc2)c(C)c1O. The lowest BCUT2D eigenvalue weighted by atomic mass is 9.99. The van der Waals surface area contributed by atoms with Gasteiger partial charge in [-0.05, 0) is 43.0 Å². The maximum atomic E-state index is 9.95. The van der Waals surface area contributed by atoms with Crippen molar-refractivity contribution in [1.82, 2.24) is 0 Å². The van der Waals surface area contributed by atoms with E-state index in [2.05, 4.69) is 0 Å². The Morgan fingerprint density at radius 3 is 2.42 bits per heavy atom. The van der Waals surface area contributed by atoms with Gasteiger partial charge in [0.25, 0.3) is 0 Å². The molecule has 0 fully saturated rings. The summed E-state index contributed by atoms with van der Waals surface area (Å²) in [5, 5.41) is 19.8. The number of rotatable bonds is 3. The minimum atomic E-state index is 0.241. The third-order valence-electron chi connectivity index (χ3n) is 3.28. The Morgan fingerprint density at radius 1 is 1.05 bits per heavy atom. The van der Waals surface area contributed by atoms with E-state index in [1.54, 1.807) is 13.0 Å². The highest BCUT2D eigenvalue weighted by atomic mass is 16.3. The van der Waals surface area contributed by atoms with Crippen LogP contribution >= 0.6 is 0 Å². The Bertz CT molecular complexity index is 598. The summed E-state index contributed by atoms with van der Waals surface area (Å²) in [5.74, 6) is 0.506. The number of allylic oxidation sites excluding steroid dienone is 1. The smallest absolute Gasteiger partial charge is 0.121 e. The normalized spacial score (nSPS) is 11.1. The van der Waals surface area contributed by atoms with E-state index in [4.69, 9.17) is 0 Å². The molecule has 0 aromatic heterocycles. The van der Waals surface area contributed by atoms with E-state index in [0.29, 0.717) is 12.0 Å². The fourth-order valence-corrected chi connectivity index (χ4v) is 2.13. The molecule has 0 aliphatic rings. The Labute approximate surface area is 113 Å². The predicted molar refractivity (Wildman–Crippen MR) is 78.4 cm³/mol. The molecule has 0 spiro atoms. The largest absolute Gasteiger partial charge is 0.508 e. The van der Waals surface area contributed by atoms with Gasteiger partial charge in [-0.3, -0.25) is 0 Å². The minimum Gasteiger partial charge on any atom is -0.508 e. The van der Waals surface area contributed by atoms with Gasteiger partial charge in [0.2, 0.25) is 0 Å². The van der Waals surface area contributed by atoms with Crippen LogP contribution in [-0.2, 0) is 6.42 Å². The van der Waals surface area contributed by atoms with Crippen LogP contribution in [0, 0.1) is 13.8 Å². The molecule has 2 heteroatoms. The highest BCUT2D eigenvalue weighted by Crippen LogP contribution is 2.32. The number of aryl methyl sites for hydroxylation is 1. The zero-order chi connectivity index (χ0) is 13.8. The maximum absolute atomic E-state index is 9.95. The van der Waals surface area contributed by atoms with Crippen LogP contribution in [0.1, 0.15) is 22.3 Å². The second-order valence-electron chi connectivity index (χ2n) is 4.68. The van der Waals surface area contributed by atoms with Crippen LogP contribution in [0.2, 0.25) is 0 Å². The molecular formula is C17H18O2. The first kappa shape index (κ1) is 13.2. The molecule has 0 bridgehead atoms. The molecule has 2 nitrogen and oxygen atoms in total. The lowest BCUT2D eigenvalue weighted by Crippen LogP contribution is -1.91. The van der Waals surface area contributed by atoms with Crippen LogP contribution in [0.3, 0.4) is 0 Å². The number of phenols is 2. The van der Waals surface area contributed by atoms with Crippen molar-refractivity contribution in [2.45, 2.75) is 20.3 Å². The van der Waals surface area contributed by atoms with Crippen LogP contribution < -0.4 is 0 Å². The Morgan fingerprint density at radius 2 is 1.74 bits per heavy atom. The summed E-state index contributed by atoms with van der Waals surface area (Å²) < 4.78 is 0. The molecule has 0 amide bonds. The number of hydrogen-bond acceptors (Lipinski definition) is 2. The Balaban J connectivity index is 2.21. The highest BCUT2D eigenvalue weighted by molar-refractivity contribution is 5.54. The number of aromatic hydroxyl groups is 2. The molecule has 0 unspecified atom stereocenters. The average Bonchev–Trinajstić information content (AvgIpc) is 2.41. The van der Waals surface area contributed by atoms with Gasteiger partial charge in [-0.1, -0.05) is 42.5 Å². The highest BCUT2D eigenvalue weighted by Gasteiger charge is 2.10. The lowest BCUT2D eigenvalue weighted by molar-refractivity contribution is 0.448. The minimum absolute atomic E-state index is 0.241. The standard InChI is InChI=1S/C17H18O2/c1-12-11-16(18)15(13(2)17(12)19)10-6-9-14-7-4-3-5-8-14/h3-9,11,18-19H,10H2,1-2H3/b9-6+. The molecule has 2 aromatic rings. The first-order valence-electron chi connectivity index (χ1n) is 6.32. The molecule has 0 aliphatic carbocycles. The van der Waals surface area contributed by atoms with Crippen LogP contribution in [0.5, 0.6) is 11.5 Å². The van der Waals surface area contributed by atoms with E-state index in [-0.39, 0.29) is 11.5 Å². The molecule has 0 radical (unpaired) electrons. The molecule has 0 atom stereocenters. The number of phenolic OH excluding ortho intramolecular Hbond substituents is 2. The molecule has 2 N–H and O–H groups in total. The monoisotopic (exact) mass is 254 g/mol. The predicted octanol–water partition coefficient (Wildman–Crippen LogP) is 3.97. The van der Waals surface area contributed by atoms with Crippen molar-refractivity contribution in [3.63, 3.8) is 0 Å². The van der Waals surface area contributed by atoms with Crippen molar-refractivity contribution in [1.29, 1.82) is 0 Å². The van der Waals surface area contributed by atoms with Crippen molar-refractivity contribution in [3.8, 4) is 11.5 Å². The molecular weight excluding hydrogens is 236 g/mol. The van der Waals surface area contributed by atoms with Gasteiger partial charge in [-0.2, -0.15) is 0 Å². The van der Waals surface area contributed by atoms with Gasteiger partial charge in [-0.15, -0.1) is 0 Å². The van der Waals surface area contributed by atoms with Gasteiger partial charge in [0, 0.05) is 5.56 Å². The van der Waals surface area contributed by atoms with E-state index in [1.807, 2.05) is 49.4 Å². The molecule has 2 rings (SSSR count). The van der Waals surface area contributed by atoms with E-state index >= 15 is 0 Å². The first-order chi connectivity index (χ1) is 9.09. The molecule has 0 saturated heterocycles. The van der Waals surface area contributed by atoms with Crippen LogP contribution in [0.4, 0.5) is 0 Å². The molecule has 0 heterocycles. The lowest BCUT2D eigenvalue weighted by Gasteiger charge is -2.10. The quantitative estimate of drug-likeness (QED) is 0.814. The van der Waals surface area contributed by atoms with E-state index in [9.17, 15) is 10.2 Å². The zero-order valence-electron chi connectivity index (χ0n) is 11.2. The zero-order valence-corrected chi connectivity index (χ0v) is 11.2. The van der Waals surface area contributed by atoms with Gasteiger partial charge < -0.3 is 10.2 Å². The molecule has 0 saturated carbocycles. The summed E-state index contributed by atoms with van der Waals surface area (Å²) in [4.78, 5) is 0. The number of hydrogen-bond donors (Lipinski definition) is 2. The summed E-state index contributed by atoms with van der Waals surface area (Å²) in [6, 6.07) is 11.6. The third-order valence-corrected chi connectivity index (χ3v) is 3.28. The van der Waals surface area contributed by atoms with Crippen LogP contribution in [-0.4, -0.2) is 10.2 Å². The third kappa shape index (κ3) is 2.97. The van der Waals surface area contributed by atoms with Gasteiger partial charge in [0.1, 0.15) is 11.5 Å². The van der Waals surface area contributed by atoms with Crippen molar-refractivity contribution < 1.29 is 10.2 Å². The summed E-state index contributed by atoms with van der Waals surface area (Å²) in [6.07, 6.45) is 4.60. The summed E-state index contributed by atoms with van der Waals surface area (Å²) in [7, 11) is 0. The van der Waals surface area contributed by atoms with Gasteiger partial charge in [-0.25, -0.2) is 0 Å².